The van der Waals surface area contributed by atoms with E-state index in [4.69, 9.17) is 15.2 Å². The van der Waals surface area contributed by atoms with Gasteiger partial charge in [0, 0.05) is 18.1 Å². The predicted molar refractivity (Wildman–Crippen MR) is 116 cm³/mol. The number of benzene rings is 2. The first-order valence-electron chi connectivity index (χ1n) is 10.8. The van der Waals surface area contributed by atoms with Crippen LogP contribution >= 0.6 is 0 Å². The lowest BCUT2D eigenvalue weighted by atomic mass is 9.72. The summed E-state index contributed by atoms with van der Waals surface area (Å²) in [7, 11) is 0. The molecule has 0 unspecified atom stereocenters. The molecule has 1 atom stereocenters. The van der Waals surface area contributed by atoms with Crippen molar-refractivity contribution in [2.24, 2.45) is 11.1 Å². The smallest absolute Gasteiger partial charge is 0.126 e. The highest BCUT2D eigenvalue weighted by Crippen LogP contribution is 2.44. The largest absolute Gasteiger partial charge is 0.507 e. The molecule has 29 heavy (non-hydrogen) atoms. The van der Waals surface area contributed by atoms with Crippen molar-refractivity contribution in [3.05, 3.63) is 52.6 Å². The van der Waals surface area contributed by atoms with Crippen molar-refractivity contribution < 1.29 is 14.6 Å². The van der Waals surface area contributed by atoms with Gasteiger partial charge in [-0.15, -0.1) is 0 Å². The van der Waals surface area contributed by atoms with E-state index in [0.717, 1.165) is 37.0 Å². The van der Waals surface area contributed by atoms with Gasteiger partial charge in [-0.3, -0.25) is 0 Å². The zero-order valence-corrected chi connectivity index (χ0v) is 17.9. The number of nitrogens with two attached hydrogens (primary N) is 1. The van der Waals surface area contributed by atoms with Gasteiger partial charge in [-0.1, -0.05) is 39.3 Å². The summed E-state index contributed by atoms with van der Waals surface area (Å²) in [5, 5.41) is 10.6. The molecule has 0 saturated carbocycles. The first-order chi connectivity index (χ1) is 13.8. The number of phenols is 1. The van der Waals surface area contributed by atoms with Crippen molar-refractivity contribution in [1.29, 1.82) is 0 Å². The van der Waals surface area contributed by atoms with Crippen molar-refractivity contribution in [2.75, 3.05) is 13.2 Å². The van der Waals surface area contributed by atoms with E-state index in [2.05, 4.69) is 32.9 Å². The lowest BCUT2D eigenvalue weighted by Crippen LogP contribution is -2.47. The van der Waals surface area contributed by atoms with Crippen molar-refractivity contribution in [1.82, 2.24) is 0 Å². The molecule has 0 bridgehead atoms. The second-order valence-electron chi connectivity index (χ2n) is 9.54. The van der Waals surface area contributed by atoms with Crippen molar-refractivity contribution in [3.8, 4) is 17.2 Å². The highest BCUT2D eigenvalue weighted by molar-refractivity contribution is 5.52. The molecule has 1 heterocycles. The second kappa shape index (κ2) is 7.56. The molecule has 1 aliphatic heterocycles. The Bertz CT molecular complexity index is 905. The summed E-state index contributed by atoms with van der Waals surface area (Å²) in [4.78, 5) is 0. The summed E-state index contributed by atoms with van der Waals surface area (Å²) in [6.45, 7) is 7.81. The topological polar surface area (TPSA) is 64.7 Å². The molecule has 1 aliphatic carbocycles. The van der Waals surface area contributed by atoms with Gasteiger partial charge in [-0.25, -0.2) is 0 Å². The molecule has 0 fully saturated rings. The molecule has 156 valence electrons. The Kier molecular flexibility index (Phi) is 5.24. The number of hydrogen-bond donors (Lipinski definition) is 2. The Morgan fingerprint density at radius 3 is 2.69 bits per heavy atom. The summed E-state index contributed by atoms with van der Waals surface area (Å²) in [6.07, 6.45) is 6.05. The Morgan fingerprint density at radius 1 is 1.14 bits per heavy atom. The van der Waals surface area contributed by atoms with Crippen LogP contribution in [0, 0.1) is 5.41 Å². The standard InChI is InChI=1S/C25H33NO3/c1-4-5-12-28-19-8-9-21(22(27)13-19)25(26)15-18-7-6-17-14-24(2,3)11-10-20(17)23(18)29-16-25/h6-9,13,27H,4-5,10-12,14-16,26H2,1-3H3/t25-/m0/s1. The van der Waals surface area contributed by atoms with Gasteiger partial charge >= 0.3 is 0 Å². The SMILES string of the molecule is CCCCOc1ccc([C@@]2(N)COc3c(ccc4c3CCC(C)(C)C4)C2)c(O)c1. The minimum absolute atomic E-state index is 0.174. The van der Waals surface area contributed by atoms with Crippen LogP contribution in [-0.2, 0) is 24.8 Å². The highest BCUT2D eigenvalue weighted by atomic mass is 16.5. The van der Waals surface area contributed by atoms with Gasteiger partial charge in [0.05, 0.1) is 12.1 Å². The number of fused-ring (bicyclic) bond motifs is 3. The molecular formula is C25H33NO3. The third kappa shape index (κ3) is 3.95. The Hall–Kier alpha value is -2.20. The summed E-state index contributed by atoms with van der Waals surface area (Å²) in [5.74, 6) is 1.88. The lowest BCUT2D eigenvalue weighted by molar-refractivity contribution is 0.183. The van der Waals surface area contributed by atoms with E-state index in [1.165, 1.54) is 17.5 Å². The summed E-state index contributed by atoms with van der Waals surface area (Å²) in [6, 6.07) is 9.85. The molecular weight excluding hydrogens is 362 g/mol. The van der Waals surface area contributed by atoms with Crippen molar-refractivity contribution in [2.45, 2.75) is 64.8 Å². The minimum atomic E-state index is -0.749. The van der Waals surface area contributed by atoms with Crippen molar-refractivity contribution >= 4 is 0 Å². The van der Waals surface area contributed by atoms with Gasteiger partial charge in [0.15, 0.2) is 0 Å². The van der Waals surface area contributed by atoms with Gasteiger partial charge in [0.2, 0.25) is 0 Å². The fourth-order valence-corrected chi connectivity index (χ4v) is 4.66. The fraction of sp³-hybridized carbons (Fsp3) is 0.520. The van der Waals surface area contributed by atoms with E-state index in [9.17, 15) is 5.11 Å². The Morgan fingerprint density at radius 2 is 1.93 bits per heavy atom. The molecule has 0 radical (unpaired) electrons. The first kappa shape index (κ1) is 20.1. The summed E-state index contributed by atoms with van der Waals surface area (Å²) < 4.78 is 12.0. The van der Waals surface area contributed by atoms with E-state index in [0.29, 0.717) is 36.4 Å². The number of hydrogen-bond acceptors (Lipinski definition) is 4. The zero-order chi connectivity index (χ0) is 20.6. The van der Waals surface area contributed by atoms with Gasteiger partial charge in [0.1, 0.15) is 23.9 Å². The van der Waals surface area contributed by atoms with Crippen LogP contribution in [-0.4, -0.2) is 18.3 Å². The van der Waals surface area contributed by atoms with E-state index in [1.807, 2.05) is 12.1 Å². The van der Waals surface area contributed by atoms with Crippen LogP contribution in [0.5, 0.6) is 17.2 Å². The molecule has 0 aromatic heterocycles. The van der Waals surface area contributed by atoms with Crippen LogP contribution in [0.1, 0.15) is 62.3 Å². The quantitative estimate of drug-likeness (QED) is 0.709. The molecule has 3 N–H and O–H groups in total. The molecule has 2 aromatic rings. The molecule has 0 saturated heterocycles. The Labute approximate surface area is 174 Å². The normalized spacial score (nSPS) is 22.3. The van der Waals surface area contributed by atoms with Gasteiger partial charge < -0.3 is 20.3 Å². The van der Waals surface area contributed by atoms with Gasteiger partial charge in [0.25, 0.3) is 0 Å². The molecule has 0 amide bonds. The molecule has 2 aromatic carbocycles. The maximum absolute atomic E-state index is 10.6. The zero-order valence-electron chi connectivity index (χ0n) is 17.9. The maximum atomic E-state index is 10.6. The predicted octanol–water partition coefficient (Wildman–Crippen LogP) is 4.88. The van der Waals surface area contributed by atoms with Crippen LogP contribution in [0.4, 0.5) is 0 Å². The average molecular weight is 396 g/mol. The average Bonchev–Trinajstić information content (AvgIpc) is 2.67. The maximum Gasteiger partial charge on any atom is 0.126 e. The van der Waals surface area contributed by atoms with Crippen LogP contribution < -0.4 is 15.2 Å². The number of phenolic OH excluding ortho intramolecular Hbond substituents is 1. The third-order valence-electron chi connectivity index (χ3n) is 6.41. The van der Waals surface area contributed by atoms with Crippen LogP contribution in [0.2, 0.25) is 0 Å². The number of unbranched alkanes of at least 4 members (excludes halogenated alkanes) is 1. The molecule has 2 aliphatic rings. The number of aromatic hydroxyl groups is 1. The molecule has 4 heteroatoms. The van der Waals surface area contributed by atoms with Crippen LogP contribution in [0.3, 0.4) is 0 Å². The number of ether oxygens (including phenoxy) is 2. The lowest BCUT2D eigenvalue weighted by Gasteiger charge is -2.39. The summed E-state index contributed by atoms with van der Waals surface area (Å²) >= 11 is 0. The van der Waals surface area contributed by atoms with E-state index >= 15 is 0 Å². The second-order valence-corrected chi connectivity index (χ2v) is 9.54. The van der Waals surface area contributed by atoms with Gasteiger partial charge in [-0.05, 0) is 59.9 Å². The van der Waals surface area contributed by atoms with E-state index < -0.39 is 5.54 Å². The molecule has 0 spiro atoms. The van der Waals surface area contributed by atoms with E-state index in [1.54, 1.807) is 6.07 Å². The molecule has 4 rings (SSSR count). The minimum Gasteiger partial charge on any atom is -0.507 e. The monoisotopic (exact) mass is 395 g/mol. The van der Waals surface area contributed by atoms with Crippen LogP contribution in [0.25, 0.3) is 0 Å². The molecule has 4 nitrogen and oxygen atoms in total. The summed E-state index contributed by atoms with van der Waals surface area (Å²) in [5.41, 5.74) is 11.0. The fourth-order valence-electron chi connectivity index (χ4n) is 4.66. The van der Waals surface area contributed by atoms with Gasteiger partial charge in [-0.2, -0.15) is 0 Å². The third-order valence-corrected chi connectivity index (χ3v) is 6.41. The highest BCUT2D eigenvalue weighted by Gasteiger charge is 2.38. The van der Waals surface area contributed by atoms with Crippen LogP contribution in [0.15, 0.2) is 30.3 Å². The van der Waals surface area contributed by atoms with Crippen molar-refractivity contribution in [3.63, 3.8) is 0 Å². The van der Waals surface area contributed by atoms with E-state index in [-0.39, 0.29) is 5.75 Å². The number of rotatable bonds is 5. The first-order valence-corrected chi connectivity index (χ1v) is 10.8. The Balaban J connectivity index is 1.58.